The third kappa shape index (κ3) is 1.61. The van der Waals surface area contributed by atoms with Crippen molar-refractivity contribution in [3.05, 3.63) is 35.4 Å². The molecule has 1 nitrogen and oxygen atoms in total. The average Bonchev–Trinajstić information content (AvgIpc) is 2.03. The smallest absolute Gasteiger partial charge is 0.129 e. The van der Waals surface area contributed by atoms with Gasteiger partial charge in [0.15, 0.2) is 0 Å². The molecule has 0 radical (unpaired) electrons. The van der Waals surface area contributed by atoms with Crippen molar-refractivity contribution in [1.82, 2.24) is 0 Å². The zero-order valence-corrected chi connectivity index (χ0v) is 6.72. The van der Waals surface area contributed by atoms with Crippen LogP contribution in [0.25, 0.3) is 0 Å². The van der Waals surface area contributed by atoms with Crippen LogP contribution in [0.1, 0.15) is 18.4 Å². The van der Waals surface area contributed by atoms with E-state index < -0.39 is 17.6 Å². The second-order valence-electron chi connectivity index (χ2n) is 2.72. The van der Waals surface area contributed by atoms with E-state index in [1.165, 1.54) is 18.2 Å². The van der Waals surface area contributed by atoms with Crippen LogP contribution in [0.4, 0.5) is 8.78 Å². The van der Waals surface area contributed by atoms with Crippen LogP contribution in [0.2, 0.25) is 0 Å². The first-order valence-electron chi connectivity index (χ1n) is 3.71. The predicted molar refractivity (Wildman–Crippen MR) is 41.9 cm³/mol. The fraction of sp³-hybridized carbons (Fsp3) is 0.333. The van der Waals surface area contributed by atoms with Crippen molar-refractivity contribution in [2.75, 3.05) is 6.61 Å². The number of aliphatic hydroxyl groups excluding tert-OH is 1. The van der Waals surface area contributed by atoms with Gasteiger partial charge in [0.1, 0.15) is 11.6 Å². The molecule has 66 valence electrons. The number of rotatable bonds is 2. The van der Waals surface area contributed by atoms with E-state index in [9.17, 15) is 8.78 Å². The van der Waals surface area contributed by atoms with Crippen molar-refractivity contribution in [2.24, 2.45) is 0 Å². The summed E-state index contributed by atoms with van der Waals surface area (Å²) in [6.45, 7) is 1.32. The molecule has 0 aliphatic carbocycles. The molecule has 1 aromatic rings. The van der Waals surface area contributed by atoms with Crippen LogP contribution in [0.15, 0.2) is 18.2 Å². The van der Waals surface area contributed by atoms with Gasteiger partial charge in [0.25, 0.3) is 0 Å². The Bertz CT molecular complexity index is 253. The van der Waals surface area contributed by atoms with Crippen molar-refractivity contribution >= 4 is 0 Å². The SMILES string of the molecule is C[C@@H](CO)c1c(F)cccc1F. The molecular formula is C9H10F2O. The summed E-state index contributed by atoms with van der Waals surface area (Å²) in [5, 5.41) is 8.70. The van der Waals surface area contributed by atoms with Crippen LogP contribution in [-0.4, -0.2) is 11.7 Å². The first-order valence-corrected chi connectivity index (χ1v) is 3.71. The monoisotopic (exact) mass is 172 g/mol. The van der Waals surface area contributed by atoms with Gasteiger partial charge >= 0.3 is 0 Å². The summed E-state index contributed by atoms with van der Waals surface area (Å²) in [4.78, 5) is 0. The van der Waals surface area contributed by atoms with E-state index in [0.29, 0.717) is 0 Å². The van der Waals surface area contributed by atoms with E-state index in [-0.39, 0.29) is 12.2 Å². The Balaban J connectivity index is 3.12. The average molecular weight is 172 g/mol. The van der Waals surface area contributed by atoms with Crippen LogP contribution in [0.5, 0.6) is 0 Å². The molecule has 0 aliphatic rings. The van der Waals surface area contributed by atoms with Crippen molar-refractivity contribution < 1.29 is 13.9 Å². The maximum Gasteiger partial charge on any atom is 0.129 e. The van der Waals surface area contributed by atoms with E-state index in [1.807, 2.05) is 0 Å². The quantitative estimate of drug-likeness (QED) is 0.723. The van der Waals surface area contributed by atoms with Gasteiger partial charge in [-0.2, -0.15) is 0 Å². The minimum Gasteiger partial charge on any atom is -0.396 e. The van der Waals surface area contributed by atoms with E-state index in [4.69, 9.17) is 5.11 Å². The summed E-state index contributed by atoms with van der Waals surface area (Å²) in [7, 11) is 0. The molecule has 1 aromatic carbocycles. The van der Waals surface area contributed by atoms with Gasteiger partial charge in [-0.1, -0.05) is 13.0 Å². The lowest BCUT2D eigenvalue weighted by molar-refractivity contribution is 0.267. The van der Waals surface area contributed by atoms with Crippen LogP contribution in [0.3, 0.4) is 0 Å². The van der Waals surface area contributed by atoms with E-state index in [2.05, 4.69) is 0 Å². The second kappa shape index (κ2) is 3.63. The molecule has 0 bridgehead atoms. The van der Waals surface area contributed by atoms with Gasteiger partial charge in [-0.05, 0) is 12.1 Å². The maximum absolute atomic E-state index is 12.9. The molecule has 12 heavy (non-hydrogen) atoms. The van der Waals surface area contributed by atoms with Crippen molar-refractivity contribution in [2.45, 2.75) is 12.8 Å². The number of hydrogen-bond acceptors (Lipinski definition) is 1. The molecule has 0 aliphatic heterocycles. The van der Waals surface area contributed by atoms with E-state index >= 15 is 0 Å². The lowest BCUT2D eigenvalue weighted by atomic mass is 10.0. The third-order valence-electron chi connectivity index (χ3n) is 1.77. The Morgan fingerprint density at radius 2 is 1.83 bits per heavy atom. The zero-order chi connectivity index (χ0) is 9.14. The molecule has 0 spiro atoms. The molecule has 0 amide bonds. The Morgan fingerprint density at radius 3 is 2.25 bits per heavy atom. The Labute approximate surface area is 69.7 Å². The summed E-state index contributed by atoms with van der Waals surface area (Å²) in [5.41, 5.74) is -0.0417. The Hall–Kier alpha value is -0.960. The lowest BCUT2D eigenvalue weighted by Gasteiger charge is -2.09. The van der Waals surface area contributed by atoms with Crippen LogP contribution in [0, 0.1) is 11.6 Å². The van der Waals surface area contributed by atoms with E-state index in [1.54, 1.807) is 6.92 Å². The Kier molecular flexibility index (Phi) is 2.76. The first-order chi connectivity index (χ1) is 5.66. The Morgan fingerprint density at radius 1 is 1.33 bits per heavy atom. The molecule has 1 N–H and O–H groups in total. The van der Waals surface area contributed by atoms with Crippen LogP contribution in [-0.2, 0) is 0 Å². The fourth-order valence-electron chi connectivity index (χ4n) is 1.07. The van der Waals surface area contributed by atoms with Gasteiger partial charge in [0, 0.05) is 18.1 Å². The van der Waals surface area contributed by atoms with Crippen molar-refractivity contribution in [1.29, 1.82) is 0 Å². The summed E-state index contributed by atoms with van der Waals surface area (Å²) in [6.07, 6.45) is 0. The molecule has 0 aromatic heterocycles. The minimum absolute atomic E-state index is 0.0417. The number of hydrogen-bond donors (Lipinski definition) is 1. The highest BCUT2D eigenvalue weighted by Gasteiger charge is 2.14. The standard InChI is InChI=1S/C9H10F2O/c1-6(5-12)9-7(10)3-2-4-8(9)11/h2-4,6,12H,5H2,1H3/t6-/m0/s1. The zero-order valence-electron chi connectivity index (χ0n) is 6.72. The first kappa shape index (κ1) is 9.13. The second-order valence-corrected chi connectivity index (χ2v) is 2.72. The molecule has 1 rings (SSSR count). The largest absolute Gasteiger partial charge is 0.396 e. The summed E-state index contributed by atoms with van der Waals surface area (Å²) in [6, 6.07) is 3.67. The van der Waals surface area contributed by atoms with Crippen LogP contribution >= 0.6 is 0 Å². The van der Waals surface area contributed by atoms with Gasteiger partial charge in [0.2, 0.25) is 0 Å². The van der Waals surface area contributed by atoms with Gasteiger partial charge < -0.3 is 5.11 Å². The van der Waals surface area contributed by atoms with Crippen molar-refractivity contribution in [3.63, 3.8) is 0 Å². The summed E-state index contributed by atoms with van der Waals surface area (Å²) < 4.78 is 25.9. The molecule has 0 fully saturated rings. The topological polar surface area (TPSA) is 20.2 Å². The number of aliphatic hydroxyl groups is 1. The van der Waals surface area contributed by atoms with Gasteiger partial charge in [0.05, 0.1) is 0 Å². The minimum atomic E-state index is -0.600. The van der Waals surface area contributed by atoms with Crippen LogP contribution < -0.4 is 0 Å². The molecule has 0 saturated carbocycles. The molecular weight excluding hydrogens is 162 g/mol. The number of halogens is 2. The van der Waals surface area contributed by atoms with Gasteiger partial charge in [-0.3, -0.25) is 0 Å². The molecule has 0 saturated heterocycles. The molecule has 0 heterocycles. The highest BCUT2D eigenvalue weighted by Crippen LogP contribution is 2.21. The summed E-state index contributed by atoms with van der Waals surface area (Å²) >= 11 is 0. The van der Waals surface area contributed by atoms with E-state index in [0.717, 1.165) is 0 Å². The third-order valence-corrected chi connectivity index (χ3v) is 1.77. The predicted octanol–water partition coefficient (Wildman–Crippen LogP) is 2.06. The van der Waals surface area contributed by atoms with Gasteiger partial charge in [-0.25, -0.2) is 8.78 Å². The summed E-state index contributed by atoms with van der Waals surface area (Å²) in [5.74, 6) is -1.70. The molecule has 0 unspecified atom stereocenters. The maximum atomic E-state index is 12.9. The highest BCUT2D eigenvalue weighted by molar-refractivity contribution is 5.23. The highest BCUT2D eigenvalue weighted by atomic mass is 19.1. The number of benzene rings is 1. The van der Waals surface area contributed by atoms with Gasteiger partial charge in [-0.15, -0.1) is 0 Å². The lowest BCUT2D eigenvalue weighted by Crippen LogP contribution is -2.04. The van der Waals surface area contributed by atoms with Crippen molar-refractivity contribution in [3.8, 4) is 0 Å². The normalized spacial score (nSPS) is 13.0. The molecule has 3 heteroatoms. The molecule has 1 atom stereocenters. The fourth-order valence-corrected chi connectivity index (χ4v) is 1.07.